The van der Waals surface area contributed by atoms with Crippen molar-refractivity contribution < 1.29 is 56.6 Å². The number of hydrogen-bond donors (Lipinski definition) is 4. The van der Waals surface area contributed by atoms with E-state index in [9.17, 15) is 19.2 Å². The van der Waals surface area contributed by atoms with Gasteiger partial charge in [-0.15, -0.1) is 19.3 Å². The van der Waals surface area contributed by atoms with Crippen LogP contribution in [0.15, 0.2) is 0 Å². The van der Waals surface area contributed by atoms with Gasteiger partial charge in [-0.2, -0.15) is 5.26 Å². The molecule has 0 spiro atoms. The lowest BCUT2D eigenvalue weighted by Crippen LogP contribution is -2.74. The van der Waals surface area contributed by atoms with Crippen LogP contribution in [0.5, 0.6) is 0 Å². The van der Waals surface area contributed by atoms with Crippen LogP contribution >= 0.6 is 8.53 Å². The highest BCUT2D eigenvalue weighted by molar-refractivity contribution is 7.44. The van der Waals surface area contributed by atoms with Gasteiger partial charge in [-0.3, -0.25) is 19.2 Å². The van der Waals surface area contributed by atoms with Crippen LogP contribution in [0.1, 0.15) is 91.9 Å². The summed E-state index contributed by atoms with van der Waals surface area (Å²) in [6.45, 7) is 12.5. The van der Waals surface area contributed by atoms with Crippen LogP contribution < -0.4 is 21.3 Å². The molecular weight excluding hydrogens is 860 g/mol. The van der Waals surface area contributed by atoms with E-state index in [1.54, 1.807) is 0 Å². The maximum absolute atomic E-state index is 14.5. The second-order valence-corrected chi connectivity index (χ2v) is 17.9. The van der Waals surface area contributed by atoms with Crippen LogP contribution in [0, 0.1) is 53.8 Å². The molecule has 0 aromatic heterocycles. The summed E-state index contributed by atoms with van der Waals surface area (Å²) in [7, 11) is -1.51. The molecule has 0 heterocycles. The van der Waals surface area contributed by atoms with Gasteiger partial charge in [0.1, 0.15) is 19.8 Å². The molecule has 3 rings (SSSR count). The third-order valence-electron chi connectivity index (χ3n) is 10.6. The highest BCUT2D eigenvalue weighted by Crippen LogP contribution is 2.73. The van der Waals surface area contributed by atoms with Crippen LogP contribution in [-0.4, -0.2) is 157 Å². The van der Waals surface area contributed by atoms with Crippen LogP contribution in [0.25, 0.3) is 0 Å². The van der Waals surface area contributed by atoms with E-state index in [0.717, 1.165) is 0 Å². The summed E-state index contributed by atoms with van der Waals surface area (Å²) in [5, 5.41) is 21.0. The second-order valence-electron chi connectivity index (χ2n) is 16.5. The van der Waals surface area contributed by atoms with Gasteiger partial charge in [0, 0.05) is 56.5 Å². The molecule has 0 aromatic carbocycles. The summed E-state index contributed by atoms with van der Waals surface area (Å²) >= 11 is 0. The topological polar surface area (TPSA) is 217 Å². The molecule has 4 N–H and O–H groups in total. The number of ether oxygens (including phenoxy) is 6. The predicted molar refractivity (Wildman–Crippen MR) is 244 cm³/mol. The van der Waals surface area contributed by atoms with Crippen molar-refractivity contribution in [3.8, 4) is 43.1 Å². The Balaban J connectivity index is 2.22. The first-order valence-corrected chi connectivity index (χ1v) is 23.6. The molecule has 0 aliphatic heterocycles. The Morgan fingerprint density at radius 2 is 1.02 bits per heavy atom. The zero-order valence-electron chi connectivity index (χ0n) is 39.0. The lowest BCUT2D eigenvalue weighted by molar-refractivity contribution is -0.239. The predicted octanol–water partition coefficient (Wildman–Crippen LogP) is 2.75. The SMILES string of the molecule is C#CCOCCOCCNC(=O)CCC(CCC(=O)NCCOCCOCC#C)(CCC(=O)NCCOCCOCC#C)NC(=O)C12CC(OP(OCCC#N)N(C(C)C)C(C)C)(C1)C2. The number of nitriles is 1. The number of carbonyl (C=O) groups is 4. The smallest absolute Gasteiger partial charge is 0.259 e. The number of nitrogens with one attached hydrogen (secondary N) is 4. The van der Waals surface area contributed by atoms with Gasteiger partial charge in [-0.05, 0) is 66.2 Å². The zero-order chi connectivity index (χ0) is 47.8. The summed E-state index contributed by atoms with van der Waals surface area (Å²) < 4.78 is 47.2. The van der Waals surface area contributed by atoms with E-state index < -0.39 is 25.1 Å². The molecule has 0 saturated heterocycles. The summed E-state index contributed by atoms with van der Waals surface area (Å²) in [5.74, 6) is 6.10. The van der Waals surface area contributed by atoms with Crippen molar-refractivity contribution in [3.63, 3.8) is 0 Å². The maximum Gasteiger partial charge on any atom is 0.259 e. The lowest BCUT2D eigenvalue weighted by Gasteiger charge is -2.69. The number of rotatable bonds is 40. The summed E-state index contributed by atoms with van der Waals surface area (Å²) in [5.41, 5.74) is -2.40. The Morgan fingerprint density at radius 1 is 0.631 bits per heavy atom. The fraction of sp³-hybridized carbons (Fsp3) is 0.761. The van der Waals surface area contributed by atoms with Crippen molar-refractivity contribution in [3.05, 3.63) is 0 Å². The average Bonchev–Trinajstić information content (AvgIpc) is 3.24. The Hall–Kier alpha value is -3.88. The van der Waals surface area contributed by atoms with Crippen molar-refractivity contribution in [2.45, 2.75) is 115 Å². The van der Waals surface area contributed by atoms with Crippen molar-refractivity contribution in [1.29, 1.82) is 5.26 Å². The van der Waals surface area contributed by atoms with Gasteiger partial charge >= 0.3 is 0 Å². The second kappa shape index (κ2) is 32.7. The first-order chi connectivity index (χ1) is 31.3. The highest BCUT2D eigenvalue weighted by Gasteiger charge is 2.74. The van der Waals surface area contributed by atoms with Gasteiger partial charge in [0.25, 0.3) is 8.53 Å². The van der Waals surface area contributed by atoms with E-state index in [4.69, 9.17) is 62.0 Å². The minimum absolute atomic E-state index is 0.00455. The molecule has 0 radical (unpaired) electrons. The molecule has 2 bridgehead atoms. The molecule has 1 unspecified atom stereocenters. The van der Waals surface area contributed by atoms with E-state index in [0.29, 0.717) is 58.9 Å². The molecule has 18 nitrogen and oxygen atoms in total. The van der Waals surface area contributed by atoms with Gasteiger partial charge in [0.2, 0.25) is 23.6 Å². The Labute approximate surface area is 388 Å². The van der Waals surface area contributed by atoms with Crippen molar-refractivity contribution >= 4 is 32.2 Å². The van der Waals surface area contributed by atoms with Crippen molar-refractivity contribution in [1.82, 2.24) is 25.9 Å². The van der Waals surface area contributed by atoms with Gasteiger partial charge in [-0.25, -0.2) is 4.67 Å². The minimum Gasteiger partial charge on any atom is -0.377 e. The lowest BCUT2D eigenvalue weighted by atomic mass is 9.41. The number of nitrogens with zero attached hydrogens (tertiary/aromatic N) is 2. The van der Waals surface area contributed by atoms with Crippen molar-refractivity contribution in [2.75, 3.05) is 106 Å². The number of amides is 4. The van der Waals surface area contributed by atoms with E-state index >= 15 is 0 Å². The first-order valence-electron chi connectivity index (χ1n) is 22.5. The van der Waals surface area contributed by atoms with E-state index in [1.165, 1.54) is 0 Å². The highest BCUT2D eigenvalue weighted by atomic mass is 31.2. The van der Waals surface area contributed by atoms with E-state index in [2.05, 4.69) is 77.5 Å². The summed E-state index contributed by atoms with van der Waals surface area (Å²) in [6.07, 6.45) is 17.7. The van der Waals surface area contributed by atoms with Gasteiger partial charge in [0.15, 0.2) is 0 Å². The normalized spacial score (nSPS) is 17.8. The van der Waals surface area contributed by atoms with Crippen LogP contribution in [0.4, 0.5) is 0 Å². The molecule has 0 aromatic rings. The van der Waals surface area contributed by atoms with E-state index in [-0.39, 0.29) is 147 Å². The summed E-state index contributed by atoms with van der Waals surface area (Å²) in [4.78, 5) is 54.3. The van der Waals surface area contributed by atoms with Crippen LogP contribution in [0.3, 0.4) is 0 Å². The molecular formula is C46H73N6O12P. The number of terminal acetylenes is 3. The monoisotopic (exact) mass is 933 g/mol. The average molecular weight is 933 g/mol. The number of hydrogen-bond acceptors (Lipinski definition) is 14. The number of carbonyl (C=O) groups excluding carboxylic acids is 4. The minimum atomic E-state index is -1.51. The first kappa shape index (κ1) is 57.2. The fourth-order valence-electron chi connectivity index (χ4n) is 7.58. The molecule has 364 valence electrons. The van der Waals surface area contributed by atoms with Crippen molar-refractivity contribution in [2.24, 2.45) is 5.41 Å². The molecule has 4 amide bonds. The van der Waals surface area contributed by atoms with Gasteiger partial charge < -0.3 is 58.7 Å². The molecule has 65 heavy (non-hydrogen) atoms. The Morgan fingerprint density at radius 3 is 1.37 bits per heavy atom. The Bertz CT molecular complexity index is 1470. The standard InChI is InChI=1S/C46H73N6O12P/c1-8-22-57-29-32-60-26-19-48-40(53)12-15-45(16-13-41(54)49-20-27-61-33-30-58-23-9-2,17-14-42(55)50-21-28-62-34-31-59-24-10-3)51-43(56)44-35-46(36-44,37-44)64-65(63-25-11-18-47)52(38(4)5)39(6)7/h1-3,38-39H,11-17,19-37H2,4-7H3,(H,48,53)(H,49,54)(H,50,55)(H,51,56). The van der Waals surface area contributed by atoms with Gasteiger partial charge in [-0.1, -0.05) is 17.8 Å². The van der Waals surface area contributed by atoms with E-state index in [1.807, 2.05) is 0 Å². The Kier molecular flexibility index (Phi) is 28.8. The third-order valence-corrected chi connectivity index (χ3v) is 12.9. The summed E-state index contributed by atoms with van der Waals surface area (Å²) in [6, 6.07) is 2.35. The van der Waals surface area contributed by atoms with Crippen LogP contribution in [0.2, 0.25) is 0 Å². The third kappa shape index (κ3) is 22.4. The molecule has 3 saturated carbocycles. The fourth-order valence-corrected chi connectivity index (χ4v) is 9.39. The molecule has 19 heteroatoms. The largest absolute Gasteiger partial charge is 0.377 e. The van der Waals surface area contributed by atoms with Gasteiger partial charge in [0.05, 0.1) is 89.6 Å². The zero-order valence-corrected chi connectivity index (χ0v) is 39.9. The quantitative estimate of drug-likeness (QED) is 0.0395. The molecule has 3 aliphatic rings. The molecule has 1 atom stereocenters. The van der Waals surface area contributed by atoms with Crippen LogP contribution in [-0.2, 0) is 56.6 Å². The molecule has 3 aliphatic carbocycles. The maximum atomic E-state index is 14.5. The molecule has 3 fully saturated rings.